The predicted molar refractivity (Wildman–Crippen MR) is 119 cm³/mol. The van der Waals surface area contributed by atoms with E-state index in [0.29, 0.717) is 18.2 Å². The van der Waals surface area contributed by atoms with Crippen molar-refractivity contribution in [1.82, 2.24) is 15.1 Å². The van der Waals surface area contributed by atoms with E-state index in [1.807, 2.05) is 0 Å². The van der Waals surface area contributed by atoms with Gasteiger partial charge in [-0.2, -0.15) is 0 Å². The van der Waals surface area contributed by atoms with Crippen LogP contribution in [-0.4, -0.2) is 73.3 Å². The van der Waals surface area contributed by atoms with Gasteiger partial charge in [-0.25, -0.2) is 0 Å². The van der Waals surface area contributed by atoms with E-state index >= 15 is 0 Å². The number of hydrogen-bond acceptors (Lipinski definition) is 3. The summed E-state index contributed by atoms with van der Waals surface area (Å²) in [4.78, 5) is 9.79. The summed E-state index contributed by atoms with van der Waals surface area (Å²) in [7, 11) is 0. The Bertz CT molecular complexity index is 347. The van der Waals surface area contributed by atoms with Crippen LogP contribution in [0.5, 0.6) is 0 Å². The first-order valence-corrected chi connectivity index (χ1v) is 9.90. The topological polar surface area (TPSA) is 40.1 Å². The molecule has 0 bridgehead atoms. The summed E-state index contributed by atoms with van der Waals surface area (Å²) in [5.41, 5.74) is 0. The monoisotopic (exact) mass is 468 g/mol. The van der Waals surface area contributed by atoms with Crippen molar-refractivity contribution in [2.45, 2.75) is 79.0 Å². The Morgan fingerprint density at radius 1 is 1.16 bits per heavy atom. The molecule has 0 aromatic rings. The molecule has 0 spiro atoms. The third kappa shape index (κ3) is 9.43. The van der Waals surface area contributed by atoms with Gasteiger partial charge in [0.05, 0.1) is 6.10 Å². The molecule has 0 aromatic heterocycles. The molecule has 25 heavy (non-hydrogen) atoms. The lowest BCUT2D eigenvalue weighted by Crippen LogP contribution is -2.47. The van der Waals surface area contributed by atoms with Crippen LogP contribution in [0.25, 0.3) is 0 Å². The number of hydrogen-bond donors (Lipinski definition) is 1. The molecule has 0 amide bonds. The van der Waals surface area contributed by atoms with Crippen LogP contribution in [0.1, 0.15) is 60.8 Å². The Morgan fingerprint density at radius 2 is 1.76 bits per heavy atom. The van der Waals surface area contributed by atoms with Gasteiger partial charge in [0.1, 0.15) is 0 Å². The van der Waals surface area contributed by atoms with Crippen molar-refractivity contribution in [2.75, 3.05) is 39.3 Å². The molecule has 1 rings (SSSR count). The van der Waals surface area contributed by atoms with E-state index in [-0.39, 0.29) is 24.0 Å². The molecule has 0 atom stereocenters. The highest BCUT2D eigenvalue weighted by Gasteiger charge is 2.21. The fourth-order valence-electron chi connectivity index (χ4n) is 3.45. The molecule has 1 N–H and O–H groups in total. The van der Waals surface area contributed by atoms with Crippen molar-refractivity contribution in [3.63, 3.8) is 0 Å². The summed E-state index contributed by atoms with van der Waals surface area (Å²) < 4.78 is 5.75. The number of ether oxygens (including phenoxy) is 1. The van der Waals surface area contributed by atoms with Gasteiger partial charge in [0, 0.05) is 51.4 Å². The van der Waals surface area contributed by atoms with Gasteiger partial charge >= 0.3 is 0 Å². The van der Waals surface area contributed by atoms with Crippen molar-refractivity contribution in [3.05, 3.63) is 0 Å². The fourth-order valence-corrected chi connectivity index (χ4v) is 3.45. The lowest BCUT2D eigenvalue weighted by Gasteiger charge is -2.34. The van der Waals surface area contributed by atoms with E-state index in [2.05, 4.69) is 56.7 Å². The van der Waals surface area contributed by atoms with Gasteiger partial charge in [0.25, 0.3) is 0 Å². The summed E-state index contributed by atoms with van der Waals surface area (Å²) in [6.07, 6.45) is 3.75. The van der Waals surface area contributed by atoms with Crippen molar-refractivity contribution < 1.29 is 4.74 Å². The number of halogens is 1. The predicted octanol–water partition coefficient (Wildman–Crippen LogP) is 3.58. The number of nitrogens with zero attached hydrogens (tertiary/aromatic N) is 3. The Labute approximate surface area is 173 Å². The number of nitrogens with one attached hydrogen (secondary N) is 1. The summed E-state index contributed by atoms with van der Waals surface area (Å²) in [6, 6.07) is 1.19. The third-order valence-electron chi connectivity index (χ3n) is 4.64. The van der Waals surface area contributed by atoms with Crippen LogP contribution in [0, 0.1) is 0 Å². The van der Waals surface area contributed by atoms with Crippen molar-refractivity contribution in [3.8, 4) is 0 Å². The zero-order valence-corrected chi connectivity index (χ0v) is 19.6. The van der Waals surface area contributed by atoms with Crippen LogP contribution in [-0.2, 0) is 4.74 Å². The SMILES string of the molecule is CCNC(=NCCCN(C(C)C)C(C)C)N1CCC(OCC)CC1.I. The zero-order valence-electron chi connectivity index (χ0n) is 17.3. The first kappa shape index (κ1) is 24.9. The maximum absolute atomic E-state index is 5.75. The standard InChI is InChI=1S/C19H40N4O.HI/c1-7-20-19(22-14-10-18(11-15-22)24-8-2)21-12-9-13-23(16(3)4)17(5)6;/h16-18H,7-15H2,1-6H3,(H,20,21);1H. The van der Waals surface area contributed by atoms with E-state index in [1.165, 1.54) is 0 Å². The third-order valence-corrected chi connectivity index (χ3v) is 4.64. The quantitative estimate of drug-likeness (QED) is 0.243. The van der Waals surface area contributed by atoms with Crippen LogP contribution in [0.15, 0.2) is 4.99 Å². The first-order chi connectivity index (χ1) is 11.5. The van der Waals surface area contributed by atoms with Gasteiger partial charge < -0.3 is 15.0 Å². The molecule has 0 aliphatic carbocycles. The van der Waals surface area contributed by atoms with Gasteiger partial charge in [0.2, 0.25) is 0 Å². The van der Waals surface area contributed by atoms with Crippen LogP contribution >= 0.6 is 24.0 Å². The van der Waals surface area contributed by atoms with E-state index < -0.39 is 0 Å². The van der Waals surface area contributed by atoms with Crippen LogP contribution in [0.3, 0.4) is 0 Å². The average Bonchev–Trinajstić information content (AvgIpc) is 2.54. The molecule has 1 saturated heterocycles. The molecule has 6 heteroatoms. The Hall–Kier alpha value is -0.0800. The van der Waals surface area contributed by atoms with E-state index in [9.17, 15) is 0 Å². The second-order valence-corrected chi connectivity index (χ2v) is 7.16. The van der Waals surface area contributed by atoms with Crippen LogP contribution < -0.4 is 5.32 Å². The highest BCUT2D eigenvalue weighted by atomic mass is 127. The van der Waals surface area contributed by atoms with Crippen LogP contribution in [0.2, 0.25) is 0 Å². The van der Waals surface area contributed by atoms with Gasteiger partial charge in [-0.1, -0.05) is 0 Å². The summed E-state index contributed by atoms with van der Waals surface area (Å²) in [5.74, 6) is 1.08. The largest absolute Gasteiger partial charge is 0.378 e. The minimum Gasteiger partial charge on any atom is -0.378 e. The average molecular weight is 468 g/mol. The molecular formula is C19H41IN4O. The molecule has 0 aromatic carbocycles. The molecule has 1 fully saturated rings. The number of piperidine rings is 1. The summed E-state index contributed by atoms with van der Waals surface area (Å²) >= 11 is 0. The molecule has 1 aliphatic heterocycles. The highest BCUT2D eigenvalue weighted by molar-refractivity contribution is 14.0. The molecule has 150 valence electrons. The van der Waals surface area contributed by atoms with E-state index in [4.69, 9.17) is 9.73 Å². The van der Waals surface area contributed by atoms with Gasteiger partial charge in [-0.3, -0.25) is 9.89 Å². The molecule has 0 unspecified atom stereocenters. The number of aliphatic imine (C=N–C) groups is 1. The molecule has 0 saturated carbocycles. The van der Waals surface area contributed by atoms with Crippen LogP contribution in [0.4, 0.5) is 0 Å². The minimum atomic E-state index is 0. The Kier molecular flexibility index (Phi) is 14.0. The second-order valence-electron chi connectivity index (χ2n) is 7.16. The van der Waals surface area contributed by atoms with E-state index in [0.717, 1.165) is 64.6 Å². The highest BCUT2D eigenvalue weighted by Crippen LogP contribution is 2.14. The van der Waals surface area contributed by atoms with Crippen molar-refractivity contribution in [1.29, 1.82) is 0 Å². The summed E-state index contributed by atoms with van der Waals surface area (Å²) in [6.45, 7) is 19.2. The number of guanidine groups is 1. The Morgan fingerprint density at radius 3 is 2.24 bits per heavy atom. The van der Waals surface area contributed by atoms with Crippen molar-refractivity contribution >= 4 is 29.9 Å². The molecule has 5 nitrogen and oxygen atoms in total. The number of rotatable bonds is 9. The summed E-state index contributed by atoms with van der Waals surface area (Å²) in [5, 5.41) is 3.45. The molecule has 0 radical (unpaired) electrons. The lowest BCUT2D eigenvalue weighted by atomic mass is 10.1. The zero-order chi connectivity index (χ0) is 17.9. The van der Waals surface area contributed by atoms with Crippen molar-refractivity contribution in [2.24, 2.45) is 4.99 Å². The number of likely N-dealkylation sites (tertiary alicyclic amines) is 1. The van der Waals surface area contributed by atoms with Gasteiger partial charge in [-0.05, 0) is 60.8 Å². The maximum atomic E-state index is 5.75. The van der Waals surface area contributed by atoms with Gasteiger partial charge in [-0.15, -0.1) is 24.0 Å². The van der Waals surface area contributed by atoms with E-state index in [1.54, 1.807) is 0 Å². The van der Waals surface area contributed by atoms with Gasteiger partial charge in [0.15, 0.2) is 5.96 Å². The second kappa shape index (κ2) is 14.0. The fraction of sp³-hybridized carbons (Fsp3) is 0.947. The molecule has 1 aliphatic rings. The maximum Gasteiger partial charge on any atom is 0.193 e. The molecule has 1 heterocycles. The lowest BCUT2D eigenvalue weighted by molar-refractivity contribution is 0.0264. The normalized spacial score (nSPS) is 16.7. The minimum absolute atomic E-state index is 0. The Balaban J connectivity index is 0.00000576. The smallest absolute Gasteiger partial charge is 0.193 e. The molecular weight excluding hydrogens is 427 g/mol. The first-order valence-electron chi connectivity index (χ1n) is 9.90.